The van der Waals surface area contributed by atoms with Crippen LogP contribution in [0.4, 0.5) is 11.4 Å². The van der Waals surface area contributed by atoms with E-state index in [1.807, 2.05) is 36.4 Å². The number of aromatic nitrogens is 1. The number of pyridine rings is 1. The lowest BCUT2D eigenvalue weighted by Crippen LogP contribution is -2.41. The van der Waals surface area contributed by atoms with Crippen LogP contribution < -0.4 is 5.32 Å². The number of rotatable bonds is 3. The Kier molecular flexibility index (Phi) is 3.83. The Labute approximate surface area is 123 Å². The number of benzene rings is 1. The van der Waals surface area contributed by atoms with Crippen LogP contribution in [0, 0.1) is 0 Å². The number of carbonyl (C=O) groups is 1. The van der Waals surface area contributed by atoms with Crippen molar-refractivity contribution in [1.82, 2.24) is 9.88 Å². The zero-order valence-corrected chi connectivity index (χ0v) is 11.8. The zero-order valence-electron chi connectivity index (χ0n) is 11.8. The van der Waals surface area contributed by atoms with Gasteiger partial charge in [-0.2, -0.15) is 0 Å². The smallest absolute Gasteiger partial charge is 0.248 e. The minimum absolute atomic E-state index is 0.0132. The third kappa shape index (κ3) is 2.87. The molecule has 1 amide bonds. The number of para-hydroxylation sites is 1. The molecule has 1 aliphatic heterocycles. The molecule has 1 fully saturated rings. The number of amides is 1. The molecule has 3 rings (SSSR count). The summed E-state index contributed by atoms with van der Waals surface area (Å²) in [7, 11) is 1.80. The average Bonchev–Trinajstić information content (AvgIpc) is 2.52. The fraction of sp³-hybridized carbons (Fsp3) is 0.250. The highest BCUT2D eigenvalue weighted by atomic mass is 16.5. The van der Waals surface area contributed by atoms with Gasteiger partial charge in [-0.15, -0.1) is 0 Å². The Morgan fingerprint density at radius 3 is 2.90 bits per heavy atom. The first-order chi connectivity index (χ1) is 10.3. The van der Waals surface area contributed by atoms with Gasteiger partial charge in [0.05, 0.1) is 12.6 Å². The first-order valence-electron chi connectivity index (χ1n) is 6.85. The van der Waals surface area contributed by atoms with Crippen LogP contribution in [-0.2, 0) is 9.53 Å². The van der Waals surface area contributed by atoms with Crippen molar-refractivity contribution in [3.05, 3.63) is 54.4 Å². The lowest BCUT2D eigenvalue weighted by atomic mass is 10.1. The minimum Gasteiger partial charge on any atom is -0.369 e. The predicted molar refractivity (Wildman–Crippen MR) is 80.3 cm³/mol. The maximum absolute atomic E-state index is 11.8. The van der Waals surface area contributed by atoms with Gasteiger partial charge < -0.3 is 15.0 Å². The molecule has 1 unspecified atom stereocenters. The molecule has 1 aliphatic rings. The maximum atomic E-state index is 11.8. The molecular weight excluding hydrogens is 266 g/mol. The topological polar surface area (TPSA) is 54.5 Å². The van der Waals surface area contributed by atoms with Gasteiger partial charge in [0.2, 0.25) is 5.91 Å². The van der Waals surface area contributed by atoms with Crippen LogP contribution in [0.25, 0.3) is 0 Å². The second-order valence-electron chi connectivity index (χ2n) is 4.99. The Morgan fingerprint density at radius 2 is 2.10 bits per heavy atom. The van der Waals surface area contributed by atoms with E-state index in [9.17, 15) is 4.79 Å². The lowest BCUT2D eigenvalue weighted by molar-refractivity contribution is -0.146. The molecule has 2 aromatic rings. The summed E-state index contributed by atoms with van der Waals surface area (Å²) in [5, 5.41) is 3.37. The van der Waals surface area contributed by atoms with Crippen molar-refractivity contribution in [1.29, 1.82) is 0 Å². The molecular formula is C16H17N3O2. The quantitative estimate of drug-likeness (QED) is 0.939. The summed E-state index contributed by atoms with van der Waals surface area (Å²) in [6.07, 6.45) is 3.52. The second kappa shape index (κ2) is 5.93. The molecule has 2 heterocycles. The van der Waals surface area contributed by atoms with E-state index in [-0.39, 0.29) is 18.6 Å². The summed E-state index contributed by atoms with van der Waals surface area (Å²) in [6, 6.07) is 11.7. The average molecular weight is 283 g/mol. The van der Waals surface area contributed by atoms with Crippen LogP contribution in [0.15, 0.2) is 48.8 Å². The summed E-state index contributed by atoms with van der Waals surface area (Å²) in [4.78, 5) is 17.7. The summed E-state index contributed by atoms with van der Waals surface area (Å²) in [5.74, 6) is -0.0132. The van der Waals surface area contributed by atoms with E-state index in [2.05, 4.69) is 10.3 Å². The van der Waals surface area contributed by atoms with Gasteiger partial charge in [0.25, 0.3) is 0 Å². The summed E-state index contributed by atoms with van der Waals surface area (Å²) < 4.78 is 5.38. The number of morpholine rings is 1. The van der Waals surface area contributed by atoms with Gasteiger partial charge >= 0.3 is 0 Å². The highest BCUT2D eigenvalue weighted by molar-refractivity contribution is 5.79. The molecule has 1 atom stereocenters. The van der Waals surface area contributed by atoms with E-state index in [0.29, 0.717) is 6.61 Å². The first-order valence-corrected chi connectivity index (χ1v) is 6.85. The number of nitrogens with zero attached hydrogens (tertiary/aromatic N) is 2. The van der Waals surface area contributed by atoms with E-state index < -0.39 is 0 Å². The number of hydrogen-bond donors (Lipinski definition) is 1. The van der Waals surface area contributed by atoms with Gasteiger partial charge in [-0.05, 0) is 18.2 Å². The van der Waals surface area contributed by atoms with E-state index >= 15 is 0 Å². The molecule has 5 nitrogen and oxygen atoms in total. The van der Waals surface area contributed by atoms with Crippen molar-refractivity contribution in [3.63, 3.8) is 0 Å². The highest BCUT2D eigenvalue weighted by Crippen LogP contribution is 2.30. The van der Waals surface area contributed by atoms with E-state index in [4.69, 9.17) is 4.74 Å². The number of nitrogens with one attached hydrogen (secondary N) is 1. The molecule has 0 radical (unpaired) electrons. The van der Waals surface area contributed by atoms with Crippen LogP contribution in [-0.4, -0.2) is 36.1 Å². The molecule has 1 aromatic carbocycles. The van der Waals surface area contributed by atoms with Crippen molar-refractivity contribution in [2.45, 2.75) is 6.04 Å². The van der Waals surface area contributed by atoms with Crippen molar-refractivity contribution in [2.24, 2.45) is 0 Å². The Balaban J connectivity index is 1.90. The van der Waals surface area contributed by atoms with Crippen LogP contribution in [0.1, 0.15) is 11.6 Å². The predicted octanol–water partition coefficient (Wildman–Crippen LogP) is 2.35. The minimum atomic E-state index is -0.119. The fourth-order valence-electron chi connectivity index (χ4n) is 2.41. The molecule has 0 aliphatic carbocycles. The standard InChI is InChI=1S/C16H17N3O2/c1-19-15(10-21-11-16(19)20)13-9-17-8-7-14(13)18-12-5-3-2-4-6-12/h2-9,15H,10-11H2,1H3,(H,17,18). The Hall–Kier alpha value is -2.40. The summed E-state index contributed by atoms with van der Waals surface area (Å²) in [6.45, 7) is 0.631. The van der Waals surface area contributed by atoms with Gasteiger partial charge in [-0.3, -0.25) is 9.78 Å². The van der Waals surface area contributed by atoms with Gasteiger partial charge in [0.15, 0.2) is 0 Å². The maximum Gasteiger partial charge on any atom is 0.248 e. The Bertz CT molecular complexity index is 630. The van der Waals surface area contributed by atoms with Crippen LogP contribution in [0.2, 0.25) is 0 Å². The normalized spacial score (nSPS) is 18.6. The summed E-state index contributed by atoms with van der Waals surface area (Å²) in [5.41, 5.74) is 2.89. The molecule has 1 saturated heterocycles. The molecule has 108 valence electrons. The SMILES string of the molecule is CN1C(=O)COCC1c1cnccc1Nc1ccccc1. The summed E-state index contributed by atoms with van der Waals surface area (Å²) >= 11 is 0. The largest absolute Gasteiger partial charge is 0.369 e. The molecule has 5 heteroatoms. The monoisotopic (exact) mass is 283 g/mol. The first kappa shape index (κ1) is 13.6. The molecule has 1 N–H and O–H groups in total. The van der Waals surface area contributed by atoms with Crippen molar-refractivity contribution in [3.8, 4) is 0 Å². The van der Waals surface area contributed by atoms with E-state index in [0.717, 1.165) is 16.9 Å². The highest BCUT2D eigenvalue weighted by Gasteiger charge is 2.28. The van der Waals surface area contributed by atoms with Crippen LogP contribution in [0.5, 0.6) is 0 Å². The van der Waals surface area contributed by atoms with Crippen molar-refractivity contribution in [2.75, 3.05) is 25.6 Å². The van der Waals surface area contributed by atoms with Crippen LogP contribution >= 0.6 is 0 Å². The molecule has 0 bridgehead atoms. The fourth-order valence-corrected chi connectivity index (χ4v) is 2.41. The lowest BCUT2D eigenvalue weighted by Gasteiger charge is -2.33. The molecule has 1 aromatic heterocycles. The zero-order chi connectivity index (χ0) is 14.7. The van der Waals surface area contributed by atoms with Crippen molar-refractivity contribution >= 4 is 17.3 Å². The number of ether oxygens (including phenoxy) is 1. The third-order valence-electron chi connectivity index (χ3n) is 3.63. The molecule has 21 heavy (non-hydrogen) atoms. The number of hydrogen-bond acceptors (Lipinski definition) is 4. The second-order valence-corrected chi connectivity index (χ2v) is 4.99. The van der Waals surface area contributed by atoms with Crippen molar-refractivity contribution < 1.29 is 9.53 Å². The van der Waals surface area contributed by atoms with E-state index in [1.54, 1.807) is 24.3 Å². The molecule has 0 spiro atoms. The van der Waals surface area contributed by atoms with Gasteiger partial charge in [0.1, 0.15) is 6.61 Å². The Morgan fingerprint density at radius 1 is 1.29 bits per heavy atom. The number of likely N-dealkylation sites (N-methyl/N-ethyl adjacent to an activating group) is 1. The number of carbonyl (C=O) groups excluding carboxylic acids is 1. The van der Waals surface area contributed by atoms with Gasteiger partial charge in [0, 0.05) is 36.4 Å². The number of anilines is 2. The third-order valence-corrected chi connectivity index (χ3v) is 3.63. The van der Waals surface area contributed by atoms with Gasteiger partial charge in [-0.25, -0.2) is 0 Å². The van der Waals surface area contributed by atoms with Gasteiger partial charge in [-0.1, -0.05) is 18.2 Å². The molecule has 0 saturated carbocycles. The van der Waals surface area contributed by atoms with E-state index in [1.165, 1.54) is 0 Å². The van der Waals surface area contributed by atoms with Crippen LogP contribution in [0.3, 0.4) is 0 Å².